The summed E-state index contributed by atoms with van der Waals surface area (Å²) in [5.41, 5.74) is 1.84. The fourth-order valence-electron chi connectivity index (χ4n) is 1.80. The van der Waals surface area contributed by atoms with Gasteiger partial charge in [0.05, 0.1) is 6.61 Å². The number of amides is 1. The number of carbonyl (C=O) groups is 1. The first-order valence-electron chi connectivity index (χ1n) is 6.13. The largest absolute Gasteiger partial charge is 0.383 e. The molecule has 0 radical (unpaired) electrons. The van der Waals surface area contributed by atoms with Crippen molar-refractivity contribution in [3.63, 3.8) is 0 Å². The number of nitrogens with zero attached hydrogens (tertiary/aromatic N) is 1. The molecule has 0 saturated carbocycles. The molecule has 1 aromatic heterocycles. The van der Waals surface area contributed by atoms with Crippen molar-refractivity contribution >= 4 is 21.8 Å². The molecule has 1 heterocycles. The van der Waals surface area contributed by atoms with Gasteiger partial charge < -0.3 is 14.6 Å². The summed E-state index contributed by atoms with van der Waals surface area (Å²) < 4.78 is 11.0. The van der Waals surface area contributed by atoms with Gasteiger partial charge in [-0.05, 0) is 19.1 Å². The Bertz CT molecular complexity index is 593. The van der Waals surface area contributed by atoms with Gasteiger partial charge in [-0.25, -0.2) is 0 Å². The first-order chi connectivity index (χ1) is 9.63. The van der Waals surface area contributed by atoms with Gasteiger partial charge in [0.15, 0.2) is 0 Å². The number of hydrogen-bond acceptors (Lipinski definition) is 4. The molecule has 6 heteroatoms. The van der Waals surface area contributed by atoms with Crippen molar-refractivity contribution in [2.75, 3.05) is 20.3 Å². The Morgan fingerprint density at radius 3 is 2.75 bits per heavy atom. The van der Waals surface area contributed by atoms with Crippen LogP contribution < -0.4 is 5.32 Å². The normalized spacial score (nSPS) is 10.6. The van der Waals surface area contributed by atoms with E-state index in [0.717, 1.165) is 10.0 Å². The van der Waals surface area contributed by atoms with Crippen LogP contribution in [0.3, 0.4) is 0 Å². The molecule has 106 valence electrons. The predicted molar refractivity (Wildman–Crippen MR) is 78.6 cm³/mol. The lowest BCUT2D eigenvalue weighted by molar-refractivity contribution is 0.0936. The monoisotopic (exact) mass is 338 g/mol. The summed E-state index contributed by atoms with van der Waals surface area (Å²) >= 11 is 3.38. The van der Waals surface area contributed by atoms with Gasteiger partial charge in [0.1, 0.15) is 17.0 Å². The van der Waals surface area contributed by atoms with Crippen molar-refractivity contribution in [1.82, 2.24) is 10.5 Å². The average molecular weight is 339 g/mol. The molecule has 2 rings (SSSR count). The van der Waals surface area contributed by atoms with Crippen LogP contribution in [0.25, 0.3) is 11.3 Å². The van der Waals surface area contributed by atoms with E-state index in [-0.39, 0.29) is 5.91 Å². The lowest BCUT2D eigenvalue weighted by Crippen LogP contribution is -2.27. The Morgan fingerprint density at radius 2 is 2.10 bits per heavy atom. The number of benzene rings is 1. The molecule has 0 aliphatic heterocycles. The first-order valence-corrected chi connectivity index (χ1v) is 6.92. The summed E-state index contributed by atoms with van der Waals surface area (Å²) in [4.78, 5) is 12.2. The molecule has 2 aromatic rings. The smallest absolute Gasteiger partial charge is 0.257 e. The zero-order valence-electron chi connectivity index (χ0n) is 11.3. The number of carbonyl (C=O) groups excluding carboxylic acids is 1. The van der Waals surface area contributed by atoms with Crippen molar-refractivity contribution < 1.29 is 14.1 Å². The minimum absolute atomic E-state index is 0.210. The molecule has 0 spiro atoms. The second-order valence-corrected chi connectivity index (χ2v) is 5.13. The van der Waals surface area contributed by atoms with Gasteiger partial charge >= 0.3 is 0 Å². The molecule has 0 bridgehead atoms. The fraction of sp³-hybridized carbons (Fsp3) is 0.286. The SMILES string of the molecule is COCCNC(=O)c1c(-c2ccc(Br)cc2)noc1C. The number of aryl methyl sites for hydroxylation is 1. The van der Waals surface area contributed by atoms with Gasteiger partial charge in [-0.3, -0.25) is 4.79 Å². The summed E-state index contributed by atoms with van der Waals surface area (Å²) in [5.74, 6) is 0.288. The van der Waals surface area contributed by atoms with E-state index in [1.54, 1.807) is 14.0 Å². The fourth-order valence-corrected chi connectivity index (χ4v) is 2.06. The molecule has 0 saturated heterocycles. The molecule has 20 heavy (non-hydrogen) atoms. The van der Waals surface area contributed by atoms with Crippen LogP contribution >= 0.6 is 15.9 Å². The van der Waals surface area contributed by atoms with Gasteiger partial charge in [-0.15, -0.1) is 0 Å². The van der Waals surface area contributed by atoms with Gasteiger partial charge in [0, 0.05) is 23.7 Å². The summed E-state index contributed by atoms with van der Waals surface area (Å²) in [6.45, 7) is 2.63. The summed E-state index contributed by atoms with van der Waals surface area (Å²) in [5, 5.41) is 6.76. The lowest BCUT2D eigenvalue weighted by Gasteiger charge is -2.05. The zero-order valence-corrected chi connectivity index (χ0v) is 12.9. The van der Waals surface area contributed by atoms with E-state index >= 15 is 0 Å². The molecule has 0 aliphatic rings. The zero-order chi connectivity index (χ0) is 14.5. The number of rotatable bonds is 5. The second-order valence-electron chi connectivity index (χ2n) is 4.22. The maximum Gasteiger partial charge on any atom is 0.257 e. The number of hydrogen-bond donors (Lipinski definition) is 1. The van der Waals surface area contributed by atoms with Crippen LogP contribution in [0, 0.1) is 6.92 Å². The van der Waals surface area contributed by atoms with Crippen LogP contribution in [0.4, 0.5) is 0 Å². The third-order valence-corrected chi connectivity index (χ3v) is 3.33. The van der Waals surface area contributed by atoms with E-state index in [4.69, 9.17) is 9.26 Å². The van der Waals surface area contributed by atoms with Crippen molar-refractivity contribution in [1.29, 1.82) is 0 Å². The molecule has 1 N–H and O–H groups in total. The molecule has 0 unspecified atom stereocenters. The van der Waals surface area contributed by atoms with Crippen molar-refractivity contribution in [3.05, 3.63) is 40.1 Å². The maximum absolute atomic E-state index is 12.2. The first kappa shape index (κ1) is 14.7. The van der Waals surface area contributed by atoms with Gasteiger partial charge in [0.25, 0.3) is 5.91 Å². The minimum atomic E-state index is -0.210. The van der Waals surface area contributed by atoms with E-state index in [9.17, 15) is 4.79 Å². The molecule has 1 amide bonds. The number of methoxy groups -OCH3 is 1. The second kappa shape index (κ2) is 6.67. The van der Waals surface area contributed by atoms with Gasteiger partial charge in [0.2, 0.25) is 0 Å². The molecular formula is C14H15BrN2O3. The third kappa shape index (κ3) is 3.26. The van der Waals surface area contributed by atoms with Crippen LogP contribution in [0.15, 0.2) is 33.3 Å². The third-order valence-electron chi connectivity index (χ3n) is 2.80. The number of ether oxygens (including phenoxy) is 1. The maximum atomic E-state index is 12.2. The quantitative estimate of drug-likeness (QED) is 0.851. The van der Waals surface area contributed by atoms with Crippen LogP contribution in [0.2, 0.25) is 0 Å². The van der Waals surface area contributed by atoms with E-state index in [2.05, 4.69) is 26.4 Å². The van der Waals surface area contributed by atoms with Crippen molar-refractivity contribution in [2.45, 2.75) is 6.92 Å². The Balaban J connectivity index is 2.27. The summed E-state index contributed by atoms with van der Waals surface area (Å²) in [7, 11) is 1.59. The topological polar surface area (TPSA) is 64.4 Å². The van der Waals surface area contributed by atoms with Crippen LogP contribution in [0.5, 0.6) is 0 Å². The Labute approximate surface area is 125 Å². The Kier molecular flexibility index (Phi) is 4.92. The van der Waals surface area contributed by atoms with E-state index in [1.807, 2.05) is 24.3 Å². The van der Waals surface area contributed by atoms with Crippen LogP contribution in [0.1, 0.15) is 16.1 Å². The Morgan fingerprint density at radius 1 is 1.40 bits per heavy atom. The average Bonchev–Trinajstić information content (AvgIpc) is 2.82. The highest BCUT2D eigenvalue weighted by Crippen LogP contribution is 2.26. The molecular weight excluding hydrogens is 324 g/mol. The number of nitrogens with one attached hydrogen (secondary N) is 1. The molecule has 0 aliphatic carbocycles. The molecule has 0 fully saturated rings. The van der Waals surface area contributed by atoms with E-state index < -0.39 is 0 Å². The highest BCUT2D eigenvalue weighted by atomic mass is 79.9. The molecule has 1 aromatic carbocycles. The van der Waals surface area contributed by atoms with Crippen molar-refractivity contribution in [3.8, 4) is 11.3 Å². The minimum Gasteiger partial charge on any atom is -0.383 e. The highest BCUT2D eigenvalue weighted by molar-refractivity contribution is 9.10. The molecule has 5 nitrogen and oxygen atoms in total. The van der Waals surface area contributed by atoms with E-state index in [1.165, 1.54) is 0 Å². The number of halogens is 1. The van der Waals surface area contributed by atoms with Gasteiger partial charge in [-0.2, -0.15) is 0 Å². The van der Waals surface area contributed by atoms with Gasteiger partial charge in [-0.1, -0.05) is 33.2 Å². The lowest BCUT2D eigenvalue weighted by atomic mass is 10.1. The van der Waals surface area contributed by atoms with Crippen LogP contribution in [-0.4, -0.2) is 31.3 Å². The summed E-state index contributed by atoms with van der Waals surface area (Å²) in [6, 6.07) is 7.55. The standard InChI is InChI=1S/C14H15BrN2O3/c1-9-12(14(18)16-7-8-19-2)13(17-20-9)10-3-5-11(15)6-4-10/h3-6H,7-8H2,1-2H3,(H,16,18). The summed E-state index contributed by atoms with van der Waals surface area (Å²) in [6.07, 6.45) is 0. The van der Waals surface area contributed by atoms with E-state index in [0.29, 0.717) is 30.2 Å². The van der Waals surface area contributed by atoms with Crippen molar-refractivity contribution in [2.24, 2.45) is 0 Å². The predicted octanol–water partition coefficient (Wildman–Crippen LogP) is 2.79. The Hall–Kier alpha value is -1.66. The number of aromatic nitrogens is 1. The highest BCUT2D eigenvalue weighted by Gasteiger charge is 2.21. The molecule has 0 atom stereocenters. The van der Waals surface area contributed by atoms with Crippen LogP contribution in [-0.2, 0) is 4.74 Å².